The van der Waals surface area contributed by atoms with Gasteiger partial charge in [-0.15, -0.1) is 0 Å². The number of ether oxygens (including phenoxy) is 1. The molecule has 1 rings (SSSR count). The molecule has 0 radical (unpaired) electrons. The molecule has 0 amide bonds. The van der Waals surface area contributed by atoms with E-state index in [9.17, 15) is 9.90 Å². The van der Waals surface area contributed by atoms with Crippen molar-refractivity contribution in [3.8, 4) is 5.75 Å². The lowest BCUT2D eigenvalue weighted by atomic mass is 10.1. The summed E-state index contributed by atoms with van der Waals surface area (Å²) in [5, 5.41) is 9.92. The fraction of sp³-hybridized carbons (Fsp3) is 0.750. The molecule has 8 heteroatoms. The van der Waals surface area contributed by atoms with Crippen LogP contribution in [0, 0.1) is 0 Å². The Morgan fingerprint density at radius 1 is 0.875 bits per heavy atom. The summed E-state index contributed by atoms with van der Waals surface area (Å²) in [4.78, 5) is 15.2. The van der Waals surface area contributed by atoms with E-state index in [0.717, 1.165) is 40.8 Å². The number of unbranched alkanes of at least 4 members (excludes halogenated alkanes) is 7. The number of carbonyl (C=O) groups excluding carboxylic acids is 1. The fourth-order valence-electron chi connectivity index (χ4n) is 3.72. The Morgan fingerprint density at radius 3 is 1.88 bits per heavy atom. The van der Waals surface area contributed by atoms with Crippen LogP contribution in [0.15, 0.2) is 18.3 Å². The second-order valence-electron chi connectivity index (χ2n) is 9.84. The number of rotatable bonds is 16. The van der Waals surface area contributed by atoms with Crippen molar-refractivity contribution in [2.24, 2.45) is 0 Å². The van der Waals surface area contributed by atoms with Crippen molar-refractivity contribution in [3.63, 3.8) is 0 Å². The summed E-state index contributed by atoms with van der Waals surface area (Å²) >= 11 is 0. The number of halogens is 2. The Labute approximate surface area is 217 Å². The van der Waals surface area contributed by atoms with Crippen LogP contribution >= 0.6 is 0 Å². The smallest absolute Gasteiger partial charge is 0.302 e. The van der Waals surface area contributed by atoms with Gasteiger partial charge in [-0.1, -0.05) is 25.7 Å². The number of hydrogen-bond acceptors (Lipinski definition) is 4. The predicted molar refractivity (Wildman–Crippen MR) is 122 cm³/mol. The predicted octanol–water partition coefficient (Wildman–Crippen LogP) is -1.87. The van der Waals surface area contributed by atoms with Crippen LogP contribution in [0.5, 0.6) is 5.75 Å². The number of pyridine rings is 1. The number of likely N-dealkylation sites (N-methyl/N-ethyl adjacent to an activating group) is 1. The van der Waals surface area contributed by atoms with Crippen molar-refractivity contribution in [3.05, 3.63) is 24.0 Å². The van der Waals surface area contributed by atoms with Gasteiger partial charge in [0, 0.05) is 13.1 Å². The highest BCUT2D eigenvalue weighted by Crippen LogP contribution is 2.18. The molecule has 6 nitrogen and oxygen atoms in total. The van der Waals surface area contributed by atoms with E-state index in [2.05, 4.69) is 33.2 Å². The number of nitrogens with zero attached hydrogens (tertiary/aromatic N) is 3. The molecule has 0 fully saturated rings. The zero-order valence-corrected chi connectivity index (χ0v) is 24.0. The Hall–Kier alpha value is -0.700. The molecule has 32 heavy (non-hydrogen) atoms. The Balaban J connectivity index is 0. The zero-order chi connectivity index (χ0) is 22.5. The van der Waals surface area contributed by atoms with Gasteiger partial charge in [-0.3, -0.25) is 9.78 Å². The Bertz CT molecular complexity index is 628. The van der Waals surface area contributed by atoms with Gasteiger partial charge in [0.1, 0.15) is 31.1 Å². The SMILES string of the molecule is CC(=O)OCC[N+](C)(C)CCCCCCCCCC[N+](C)(C)Cc1ncccc1O.[Br-].[Br-]. The molecule has 0 saturated carbocycles. The summed E-state index contributed by atoms with van der Waals surface area (Å²) in [5.41, 5.74) is 0.788. The molecule has 0 unspecified atom stereocenters. The van der Waals surface area contributed by atoms with E-state index in [0.29, 0.717) is 12.4 Å². The van der Waals surface area contributed by atoms with Crippen LogP contribution in [-0.2, 0) is 16.1 Å². The van der Waals surface area contributed by atoms with Crippen LogP contribution in [0.4, 0.5) is 0 Å². The molecule has 1 aromatic heterocycles. The quantitative estimate of drug-likeness (QED) is 0.141. The van der Waals surface area contributed by atoms with Crippen molar-refractivity contribution in [2.75, 3.05) is 54.4 Å². The second-order valence-corrected chi connectivity index (χ2v) is 9.84. The Kier molecular flexibility index (Phi) is 18.5. The largest absolute Gasteiger partial charge is 1.00 e. The molecule has 0 atom stereocenters. The van der Waals surface area contributed by atoms with Crippen molar-refractivity contribution >= 4 is 5.97 Å². The van der Waals surface area contributed by atoms with Gasteiger partial charge in [-0.25, -0.2) is 0 Å². The molecule has 1 heterocycles. The third-order valence-corrected chi connectivity index (χ3v) is 5.72. The first kappa shape index (κ1) is 33.5. The summed E-state index contributed by atoms with van der Waals surface area (Å²) < 4.78 is 6.83. The van der Waals surface area contributed by atoms with Gasteiger partial charge in [0.05, 0.1) is 41.3 Å². The van der Waals surface area contributed by atoms with Gasteiger partial charge in [0.15, 0.2) is 0 Å². The number of quaternary nitrogens is 2. The lowest BCUT2D eigenvalue weighted by molar-refractivity contribution is -0.904. The molecule has 0 saturated heterocycles. The molecular formula is C24H45Br2N3O3. The summed E-state index contributed by atoms with van der Waals surface area (Å²) in [6, 6.07) is 3.48. The highest BCUT2D eigenvalue weighted by atomic mass is 79.9. The van der Waals surface area contributed by atoms with Gasteiger partial charge in [0.25, 0.3) is 0 Å². The van der Waals surface area contributed by atoms with Crippen molar-refractivity contribution < 1.29 is 57.6 Å². The number of hydrogen-bond donors (Lipinski definition) is 1. The third-order valence-electron chi connectivity index (χ3n) is 5.72. The van der Waals surface area contributed by atoms with Gasteiger partial charge >= 0.3 is 5.97 Å². The minimum Gasteiger partial charge on any atom is -1.00 e. The fourth-order valence-corrected chi connectivity index (χ4v) is 3.72. The van der Waals surface area contributed by atoms with Crippen molar-refractivity contribution in [1.29, 1.82) is 0 Å². The van der Waals surface area contributed by atoms with Crippen LogP contribution in [0.2, 0.25) is 0 Å². The molecule has 1 aromatic rings. The highest BCUT2D eigenvalue weighted by Gasteiger charge is 2.18. The summed E-state index contributed by atoms with van der Waals surface area (Å²) in [7, 11) is 8.83. The molecule has 188 valence electrons. The molecule has 1 N–H and O–H groups in total. The average molecular weight is 583 g/mol. The average Bonchev–Trinajstić information content (AvgIpc) is 2.64. The van der Waals surface area contributed by atoms with Crippen LogP contribution in [0.25, 0.3) is 0 Å². The van der Waals surface area contributed by atoms with E-state index in [1.807, 2.05) is 0 Å². The van der Waals surface area contributed by atoms with E-state index in [1.165, 1.54) is 58.3 Å². The molecule has 0 aliphatic carbocycles. The maximum absolute atomic E-state index is 10.8. The molecule has 0 aromatic carbocycles. The molecular weight excluding hydrogens is 538 g/mol. The number of aromatic nitrogens is 1. The lowest BCUT2D eigenvalue weighted by Gasteiger charge is -2.29. The highest BCUT2D eigenvalue weighted by molar-refractivity contribution is 5.65. The van der Waals surface area contributed by atoms with E-state index in [4.69, 9.17) is 4.74 Å². The van der Waals surface area contributed by atoms with E-state index < -0.39 is 0 Å². The topological polar surface area (TPSA) is 59.4 Å². The van der Waals surface area contributed by atoms with Gasteiger partial charge in [-0.2, -0.15) is 0 Å². The Morgan fingerprint density at radius 2 is 1.38 bits per heavy atom. The normalized spacial score (nSPS) is 11.4. The van der Waals surface area contributed by atoms with Gasteiger partial charge < -0.3 is 52.8 Å². The molecule has 0 spiro atoms. The van der Waals surface area contributed by atoms with Crippen LogP contribution in [-0.4, -0.2) is 79.5 Å². The maximum atomic E-state index is 10.8. The van der Waals surface area contributed by atoms with Gasteiger partial charge in [-0.05, 0) is 37.8 Å². The minimum absolute atomic E-state index is 0. The van der Waals surface area contributed by atoms with E-state index in [-0.39, 0.29) is 39.9 Å². The first-order chi connectivity index (χ1) is 14.1. The lowest BCUT2D eigenvalue weighted by Crippen LogP contribution is -3.00. The second kappa shape index (κ2) is 17.7. The molecule has 0 bridgehead atoms. The zero-order valence-electron chi connectivity index (χ0n) is 20.8. The number of carbonyl (C=O) groups is 1. The van der Waals surface area contributed by atoms with Crippen molar-refractivity contribution in [2.45, 2.75) is 64.8 Å². The van der Waals surface area contributed by atoms with Crippen LogP contribution in [0.3, 0.4) is 0 Å². The van der Waals surface area contributed by atoms with Crippen molar-refractivity contribution in [1.82, 2.24) is 4.98 Å². The van der Waals surface area contributed by atoms with E-state index >= 15 is 0 Å². The monoisotopic (exact) mass is 581 g/mol. The number of esters is 1. The minimum atomic E-state index is -0.190. The maximum Gasteiger partial charge on any atom is 0.302 e. The first-order valence-electron chi connectivity index (χ1n) is 11.5. The van der Waals surface area contributed by atoms with Gasteiger partial charge in [0.2, 0.25) is 0 Å². The number of aromatic hydroxyl groups is 1. The molecule has 0 aliphatic heterocycles. The third kappa shape index (κ3) is 16.9. The molecule has 0 aliphatic rings. The summed E-state index contributed by atoms with van der Waals surface area (Å²) in [6.07, 6.45) is 12.0. The first-order valence-corrected chi connectivity index (χ1v) is 11.5. The van der Waals surface area contributed by atoms with E-state index in [1.54, 1.807) is 18.3 Å². The summed E-state index contributed by atoms with van der Waals surface area (Å²) in [5.74, 6) is 0.111. The summed E-state index contributed by atoms with van der Waals surface area (Å²) in [6.45, 7) is 5.88. The van der Waals surface area contributed by atoms with Crippen LogP contribution < -0.4 is 34.0 Å². The standard InChI is InChI=1S/C24H44N3O3.2BrH/c1-22(28)30-20-19-26(2,3)17-12-10-8-6-7-9-11-13-18-27(4,5)21-23-24(29)15-14-16-25-23;;/h14-16H,6-13,17-21H2,1-5H3;2*1H/q+1;;/p-1. The van der Waals surface area contributed by atoms with Crippen LogP contribution in [0.1, 0.15) is 64.0 Å².